The molecule has 5 heteroatoms. The maximum absolute atomic E-state index is 11.1. The third kappa shape index (κ3) is 1.93. The molecule has 0 radical (unpaired) electrons. The largest absolute Gasteiger partial charge is 0.464 e. The fraction of sp³-hybridized carbons (Fsp3) is 0.375. The zero-order valence-electron chi connectivity index (χ0n) is 7.57. The van der Waals surface area contributed by atoms with Crippen LogP contribution in [0.1, 0.15) is 23.1 Å². The first-order valence-electron chi connectivity index (χ1n) is 3.88. The highest BCUT2D eigenvalue weighted by Crippen LogP contribution is 2.07. The smallest absolute Gasteiger partial charge is 0.360 e. The molecule has 70 valence electrons. The summed E-state index contributed by atoms with van der Waals surface area (Å²) in [6.45, 7) is 1.92. The monoisotopic (exact) mass is 181 g/mol. The highest BCUT2D eigenvalue weighted by atomic mass is 16.5. The molecule has 2 N–H and O–H groups in total. The van der Waals surface area contributed by atoms with Gasteiger partial charge in [-0.3, -0.25) is 0 Å². The van der Waals surface area contributed by atoms with Gasteiger partial charge in [-0.05, 0) is 6.42 Å². The van der Waals surface area contributed by atoms with Crippen molar-refractivity contribution in [2.24, 2.45) is 0 Å². The Morgan fingerprint density at radius 3 is 2.92 bits per heavy atom. The SMILES string of the molecule is CCc1cnc(N)c(C(=O)OC)n1. The lowest BCUT2D eigenvalue weighted by Gasteiger charge is -2.02. The minimum atomic E-state index is -0.555. The van der Waals surface area contributed by atoms with Crippen LogP contribution in [0.25, 0.3) is 0 Å². The average molecular weight is 181 g/mol. The first-order valence-corrected chi connectivity index (χ1v) is 3.88. The summed E-state index contributed by atoms with van der Waals surface area (Å²) in [5, 5.41) is 0. The number of hydrogen-bond donors (Lipinski definition) is 1. The van der Waals surface area contributed by atoms with Gasteiger partial charge < -0.3 is 10.5 Å². The molecule has 1 heterocycles. The van der Waals surface area contributed by atoms with Gasteiger partial charge in [-0.25, -0.2) is 14.8 Å². The van der Waals surface area contributed by atoms with Crippen molar-refractivity contribution in [2.75, 3.05) is 12.8 Å². The second-order valence-electron chi connectivity index (χ2n) is 2.44. The molecule has 1 rings (SSSR count). The van der Waals surface area contributed by atoms with E-state index in [0.717, 1.165) is 5.69 Å². The van der Waals surface area contributed by atoms with Crippen molar-refractivity contribution >= 4 is 11.8 Å². The summed E-state index contributed by atoms with van der Waals surface area (Å²) in [6.07, 6.45) is 2.25. The Balaban J connectivity index is 3.11. The van der Waals surface area contributed by atoms with Gasteiger partial charge in [0.15, 0.2) is 11.5 Å². The van der Waals surface area contributed by atoms with Crippen LogP contribution in [0.15, 0.2) is 6.20 Å². The number of rotatable bonds is 2. The van der Waals surface area contributed by atoms with Gasteiger partial charge in [0.25, 0.3) is 0 Å². The fourth-order valence-electron chi connectivity index (χ4n) is 0.852. The Kier molecular flexibility index (Phi) is 2.79. The van der Waals surface area contributed by atoms with E-state index >= 15 is 0 Å². The zero-order chi connectivity index (χ0) is 9.84. The molecule has 13 heavy (non-hydrogen) atoms. The van der Waals surface area contributed by atoms with Crippen LogP contribution in [0.2, 0.25) is 0 Å². The highest BCUT2D eigenvalue weighted by molar-refractivity contribution is 5.91. The Morgan fingerprint density at radius 2 is 2.38 bits per heavy atom. The molecule has 1 aromatic rings. The molecule has 0 bridgehead atoms. The third-order valence-corrected chi connectivity index (χ3v) is 1.59. The van der Waals surface area contributed by atoms with E-state index in [0.29, 0.717) is 6.42 Å². The number of anilines is 1. The van der Waals surface area contributed by atoms with Gasteiger partial charge >= 0.3 is 5.97 Å². The molecule has 0 aliphatic heterocycles. The van der Waals surface area contributed by atoms with Crippen molar-refractivity contribution in [3.63, 3.8) is 0 Å². The molecule has 0 amide bonds. The van der Waals surface area contributed by atoms with Gasteiger partial charge in [0.2, 0.25) is 0 Å². The molecule has 0 unspecified atom stereocenters. The van der Waals surface area contributed by atoms with E-state index in [4.69, 9.17) is 5.73 Å². The standard InChI is InChI=1S/C8H11N3O2/c1-3-5-4-10-7(9)6(11-5)8(12)13-2/h4H,3H2,1-2H3,(H2,9,10). The van der Waals surface area contributed by atoms with Crippen LogP contribution < -0.4 is 5.73 Å². The molecular formula is C8H11N3O2. The van der Waals surface area contributed by atoms with Crippen molar-refractivity contribution in [3.05, 3.63) is 17.6 Å². The number of nitrogens with two attached hydrogens (primary N) is 1. The van der Waals surface area contributed by atoms with Crippen molar-refractivity contribution in [1.29, 1.82) is 0 Å². The predicted molar refractivity (Wildman–Crippen MR) is 47.2 cm³/mol. The maximum atomic E-state index is 11.1. The molecule has 0 spiro atoms. The van der Waals surface area contributed by atoms with E-state index in [1.54, 1.807) is 6.20 Å². The Bertz CT molecular complexity index is 325. The van der Waals surface area contributed by atoms with Gasteiger partial charge in [-0.1, -0.05) is 6.92 Å². The number of nitrogen functional groups attached to an aromatic ring is 1. The van der Waals surface area contributed by atoms with Gasteiger partial charge in [-0.2, -0.15) is 0 Å². The van der Waals surface area contributed by atoms with E-state index < -0.39 is 5.97 Å². The first-order chi connectivity index (χ1) is 6.19. The Hall–Kier alpha value is -1.65. The van der Waals surface area contributed by atoms with Crippen LogP contribution in [0.3, 0.4) is 0 Å². The quantitative estimate of drug-likeness (QED) is 0.668. The summed E-state index contributed by atoms with van der Waals surface area (Å²) in [6, 6.07) is 0. The molecule has 0 saturated carbocycles. The molecule has 0 aromatic carbocycles. The summed E-state index contributed by atoms with van der Waals surface area (Å²) in [7, 11) is 1.28. The number of methoxy groups -OCH3 is 1. The molecule has 0 atom stereocenters. The second kappa shape index (κ2) is 3.84. The fourth-order valence-corrected chi connectivity index (χ4v) is 0.852. The lowest BCUT2D eigenvalue weighted by atomic mass is 10.3. The number of carbonyl (C=O) groups excluding carboxylic acids is 1. The van der Waals surface area contributed by atoms with E-state index in [9.17, 15) is 4.79 Å². The summed E-state index contributed by atoms with van der Waals surface area (Å²) < 4.78 is 4.50. The number of aromatic nitrogens is 2. The summed E-state index contributed by atoms with van der Waals surface area (Å²) in [4.78, 5) is 18.9. The van der Waals surface area contributed by atoms with E-state index in [-0.39, 0.29) is 11.5 Å². The summed E-state index contributed by atoms with van der Waals surface area (Å²) in [5.74, 6) is -0.454. The maximum Gasteiger partial charge on any atom is 0.360 e. The van der Waals surface area contributed by atoms with Crippen LogP contribution in [0.5, 0.6) is 0 Å². The Morgan fingerprint density at radius 1 is 1.69 bits per heavy atom. The van der Waals surface area contributed by atoms with Crippen LogP contribution in [-0.4, -0.2) is 23.0 Å². The molecule has 0 aliphatic rings. The number of esters is 1. The van der Waals surface area contributed by atoms with Crippen LogP contribution in [-0.2, 0) is 11.2 Å². The first kappa shape index (κ1) is 9.44. The normalized spacial score (nSPS) is 9.69. The minimum absolute atomic E-state index is 0.0850. The molecular weight excluding hydrogens is 170 g/mol. The van der Waals surface area contributed by atoms with Crippen LogP contribution in [0.4, 0.5) is 5.82 Å². The van der Waals surface area contributed by atoms with Gasteiger partial charge in [0.05, 0.1) is 19.0 Å². The van der Waals surface area contributed by atoms with Crippen molar-refractivity contribution in [1.82, 2.24) is 9.97 Å². The average Bonchev–Trinajstić information content (AvgIpc) is 2.17. The highest BCUT2D eigenvalue weighted by Gasteiger charge is 2.13. The van der Waals surface area contributed by atoms with Crippen molar-refractivity contribution in [2.45, 2.75) is 13.3 Å². The number of nitrogens with zero attached hydrogens (tertiary/aromatic N) is 2. The second-order valence-corrected chi connectivity index (χ2v) is 2.44. The third-order valence-electron chi connectivity index (χ3n) is 1.59. The van der Waals surface area contributed by atoms with Crippen molar-refractivity contribution in [3.8, 4) is 0 Å². The van der Waals surface area contributed by atoms with Gasteiger partial charge in [0, 0.05) is 0 Å². The number of ether oxygens (including phenoxy) is 1. The molecule has 1 aromatic heterocycles. The van der Waals surface area contributed by atoms with Crippen molar-refractivity contribution < 1.29 is 9.53 Å². The van der Waals surface area contributed by atoms with Gasteiger partial charge in [-0.15, -0.1) is 0 Å². The van der Waals surface area contributed by atoms with Crippen LogP contribution in [0, 0.1) is 0 Å². The Labute approximate surface area is 75.9 Å². The number of aryl methyl sites for hydroxylation is 1. The topological polar surface area (TPSA) is 78.1 Å². The lowest BCUT2D eigenvalue weighted by Crippen LogP contribution is -2.11. The molecule has 0 fully saturated rings. The predicted octanol–water partition coefficient (Wildman–Crippen LogP) is 0.408. The zero-order valence-corrected chi connectivity index (χ0v) is 7.57. The van der Waals surface area contributed by atoms with Gasteiger partial charge in [0.1, 0.15) is 0 Å². The number of hydrogen-bond acceptors (Lipinski definition) is 5. The molecule has 0 aliphatic carbocycles. The van der Waals surface area contributed by atoms with Crippen LogP contribution >= 0.6 is 0 Å². The van der Waals surface area contributed by atoms with E-state index in [2.05, 4.69) is 14.7 Å². The lowest BCUT2D eigenvalue weighted by molar-refractivity contribution is 0.0594. The molecule has 5 nitrogen and oxygen atoms in total. The number of carbonyl (C=O) groups is 1. The summed E-state index contributed by atoms with van der Waals surface area (Å²) in [5.41, 5.74) is 6.25. The van der Waals surface area contributed by atoms with E-state index in [1.165, 1.54) is 7.11 Å². The summed E-state index contributed by atoms with van der Waals surface area (Å²) >= 11 is 0. The minimum Gasteiger partial charge on any atom is -0.464 e. The molecule has 0 saturated heterocycles. The van der Waals surface area contributed by atoms with E-state index in [1.807, 2.05) is 6.92 Å².